The predicted molar refractivity (Wildman–Crippen MR) is 105 cm³/mol. The van der Waals surface area contributed by atoms with Crippen LogP contribution in [0.25, 0.3) is 0 Å². The minimum absolute atomic E-state index is 0.106. The fraction of sp³-hybridized carbons (Fsp3) is 0.333. The van der Waals surface area contributed by atoms with Crippen molar-refractivity contribution in [1.82, 2.24) is 10.3 Å². The van der Waals surface area contributed by atoms with Gasteiger partial charge in [0.05, 0.1) is 29.1 Å². The van der Waals surface area contributed by atoms with Crippen LogP contribution in [0.2, 0.25) is 0 Å². The second-order valence-corrected chi connectivity index (χ2v) is 7.66. The number of likely N-dealkylation sites (tertiary alicyclic amines) is 1. The molecule has 0 radical (unpaired) electrons. The number of hydrogen-bond acceptors (Lipinski definition) is 4. The number of amides is 2. The Bertz CT molecular complexity index is 934. The van der Waals surface area contributed by atoms with Gasteiger partial charge in [-0.1, -0.05) is 18.2 Å². The zero-order valence-corrected chi connectivity index (χ0v) is 16.2. The van der Waals surface area contributed by atoms with E-state index in [4.69, 9.17) is 0 Å². The largest absolute Gasteiger partial charge is 0.416 e. The van der Waals surface area contributed by atoms with Gasteiger partial charge in [0.25, 0.3) is 0 Å². The smallest absolute Gasteiger partial charge is 0.326 e. The number of hydrazine groups is 1. The van der Waals surface area contributed by atoms with Gasteiger partial charge in [0, 0.05) is 18.8 Å². The SMILES string of the molecule is CN1CC(C(=O)Nc2ccc(C(F)(F)F)cc2)C2NN(c3ccccc3)C(=O)C2C1. The molecule has 2 amide bonds. The molecular formula is C21H21F3N4O2. The predicted octanol–water partition coefficient (Wildman–Crippen LogP) is 2.74. The van der Waals surface area contributed by atoms with Crippen LogP contribution in [0.3, 0.4) is 0 Å². The molecule has 158 valence electrons. The lowest BCUT2D eigenvalue weighted by atomic mass is 9.84. The van der Waals surface area contributed by atoms with E-state index in [0.29, 0.717) is 18.8 Å². The molecule has 6 nitrogen and oxygen atoms in total. The molecular weight excluding hydrogens is 397 g/mol. The van der Waals surface area contributed by atoms with Crippen LogP contribution in [0.5, 0.6) is 0 Å². The zero-order chi connectivity index (χ0) is 21.5. The highest BCUT2D eigenvalue weighted by Gasteiger charge is 2.50. The molecule has 2 N–H and O–H groups in total. The molecule has 2 aromatic rings. The average Bonchev–Trinajstić information content (AvgIpc) is 3.04. The van der Waals surface area contributed by atoms with Crippen LogP contribution >= 0.6 is 0 Å². The number of piperidine rings is 1. The molecule has 0 aliphatic carbocycles. The van der Waals surface area contributed by atoms with Crippen LogP contribution in [0.15, 0.2) is 54.6 Å². The summed E-state index contributed by atoms with van der Waals surface area (Å²) in [6.07, 6.45) is -4.43. The summed E-state index contributed by atoms with van der Waals surface area (Å²) >= 11 is 0. The summed E-state index contributed by atoms with van der Waals surface area (Å²) in [6, 6.07) is 13.0. The summed E-state index contributed by atoms with van der Waals surface area (Å²) in [5.41, 5.74) is 3.37. The highest BCUT2D eigenvalue weighted by Crippen LogP contribution is 2.33. The molecule has 2 heterocycles. The molecule has 3 unspecified atom stereocenters. The van der Waals surface area contributed by atoms with Gasteiger partial charge in [-0.3, -0.25) is 9.59 Å². The lowest BCUT2D eigenvalue weighted by Gasteiger charge is -2.36. The average molecular weight is 418 g/mol. The summed E-state index contributed by atoms with van der Waals surface area (Å²) in [5.74, 6) is -1.39. The Morgan fingerprint density at radius 3 is 2.37 bits per heavy atom. The monoisotopic (exact) mass is 418 g/mol. The van der Waals surface area contributed by atoms with Gasteiger partial charge in [0.2, 0.25) is 11.8 Å². The Hall–Kier alpha value is -2.91. The molecule has 30 heavy (non-hydrogen) atoms. The third-order valence-electron chi connectivity index (χ3n) is 5.53. The maximum atomic E-state index is 13.0. The van der Waals surface area contributed by atoms with Crippen molar-refractivity contribution in [1.29, 1.82) is 0 Å². The Kier molecular flexibility index (Phi) is 5.25. The molecule has 2 aromatic carbocycles. The van der Waals surface area contributed by atoms with E-state index in [9.17, 15) is 22.8 Å². The number of alkyl halides is 3. The number of fused-ring (bicyclic) bond motifs is 1. The Morgan fingerprint density at radius 1 is 1.07 bits per heavy atom. The number of rotatable bonds is 3. The lowest BCUT2D eigenvalue weighted by molar-refractivity contribution is -0.137. The van der Waals surface area contributed by atoms with E-state index in [1.807, 2.05) is 42.3 Å². The number of carbonyl (C=O) groups is 2. The molecule has 2 saturated heterocycles. The Labute approximate surface area is 171 Å². The lowest BCUT2D eigenvalue weighted by Crippen LogP contribution is -2.55. The first kappa shape index (κ1) is 20.4. The zero-order valence-electron chi connectivity index (χ0n) is 16.2. The fourth-order valence-electron chi connectivity index (χ4n) is 4.05. The van der Waals surface area contributed by atoms with E-state index in [0.717, 1.165) is 12.1 Å². The summed E-state index contributed by atoms with van der Waals surface area (Å²) in [4.78, 5) is 27.8. The van der Waals surface area contributed by atoms with Crippen LogP contribution < -0.4 is 15.8 Å². The van der Waals surface area contributed by atoms with Crippen molar-refractivity contribution >= 4 is 23.2 Å². The van der Waals surface area contributed by atoms with Crippen LogP contribution in [-0.2, 0) is 15.8 Å². The number of nitrogens with one attached hydrogen (secondary N) is 2. The Balaban J connectivity index is 1.52. The van der Waals surface area contributed by atoms with Gasteiger partial charge in [0.15, 0.2) is 0 Å². The molecule has 2 fully saturated rings. The summed E-state index contributed by atoms with van der Waals surface area (Å²) in [7, 11) is 1.84. The molecule has 0 saturated carbocycles. The van der Waals surface area contributed by atoms with Gasteiger partial charge in [-0.2, -0.15) is 13.2 Å². The fourth-order valence-corrected chi connectivity index (χ4v) is 4.05. The minimum atomic E-state index is -4.43. The molecule has 2 aliphatic rings. The molecule has 0 bridgehead atoms. The van der Waals surface area contributed by atoms with Gasteiger partial charge in [-0.25, -0.2) is 10.4 Å². The van der Waals surface area contributed by atoms with Crippen LogP contribution in [0, 0.1) is 11.8 Å². The van der Waals surface area contributed by atoms with Crippen molar-refractivity contribution in [2.45, 2.75) is 12.2 Å². The number of halogens is 3. The van der Waals surface area contributed by atoms with Crippen LogP contribution in [-0.4, -0.2) is 42.9 Å². The van der Waals surface area contributed by atoms with Gasteiger partial charge < -0.3 is 10.2 Å². The molecule has 9 heteroatoms. The minimum Gasteiger partial charge on any atom is -0.326 e. The second-order valence-electron chi connectivity index (χ2n) is 7.66. The normalized spacial score (nSPS) is 24.6. The second kappa shape index (κ2) is 7.73. The maximum Gasteiger partial charge on any atom is 0.416 e. The van der Waals surface area contributed by atoms with Gasteiger partial charge >= 0.3 is 6.18 Å². The van der Waals surface area contributed by atoms with Crippen molar-refractivity contribution < 1.29 is 22.8 Å². The van der Waals surface area contributed by atoms with Gasteiger partial charge in [0.1, 0.15) is 0 Å². The molecule has 2 aliphatic heterocycles. The molecule has 3 atom stereocenters. The quantitative estimate of drug-likeness (QED) is 0.805. The highest BCUT2D eigenvalue weighted by molar-refractivity contribution is 5.99. The van der Waals surface area contributed by atoms with Crippen molar-refractivity contribution in [3.63, 3.8) is 0 Å². The van der Waals surface area contributed by atoms with E-state index < -0.39 is 29.6 Å². The molecule has 0 aromatic heterocycles. The van der Waals surface area contributed by atoms with E-state index >= 15 is 0 Å². The van der Waals surface area contributed by atoms with Crippen molar-refractivity contribution in [3.05, 3.63) is 60.2 Å². The number of carbonyl (C=O) groups excluding carboxylic acids is 2. The van der Waals surface area contributed by atoms with E-state index in [-0.39, 0.29) is 17.5 Å². The summed E-state index contributed by atoms with van der Waals surface area (Å²) in [6.45, 7) is 0.945. The first-order valence-corrected chi connectivity index (χ1v) is 9.56. The number of benzene rings is 2. The van der Waals surface area contributed by atoms with E-state index in [1.54, 1.807) is 0 Å². The van der Waals surface area contributed by atoms with Crippen molar-refractivity contribution in [2.24, 2.45) is 11.8 Å². The van der Waals surface area contributed by atoms with Crippen LogP contribution in [0.4, 0.5) is 24.5 Å². The highest BCUT2D eigenvalue weighted by atomic mass is 19.4. The van der Waals surface area contributed by atoms with Crippen molar-refractivity contribution in [2.75, 3.05) is 30.5 Å². The standard InChI is InChI=1S/C21H21F3N4O2/c1-27-11-16(19(29)25-14-9-7-13(8-10-14)21(22,23)24)18-17(12-27)20(30)28(26-18)15-5-3-2-4-6-15/h2-10,16-18,26H,11-12H2,1H3,(H,25,29). The molecule has 4 rings (SSSR count). The number of nitrogens with zero attached hydrogens (tertiary/aromatic N) is 2. The third-order valence-corrected chi connectivity index (χ3v) is 5.53. The topological polar surface area (TPSA) is 64.7 Å². The number of hydrogen-bond donors (Lipinski definition) is 2. The van der Waals surface area contributed by atoms with Crippen molar-refractivity contribution in [3.8, 4) is 0 Å². The number of anilines is 2. The molecule has 0 spiro atoms. The van der Waals surface area contributed by atoms with Gasteiger partial charge in [-0.05, 0) is 43.4 Å². The summed E-state index contributed by atoms with van der Waals surface area (Å²) < 4.78 is 38.2. The first-order chi connectivity index (χ1) is 14.2. The maximum absolute atomic E-state index is 13.0. The Morgan fingerprint density at radius 2 is 1.73 bits per heavy atom. The first-order valence-electron chi connectivity index (χ1n) is 9.56. The summed E-state index contributed by atoms with van der Waals surface area (Å²) in [5, 5.41) is 4.17. The van der Waals surface area contributed by atoms with E-state index in [1.165, 1.54) is 17.1 Å². The van der Waals surface area contributed by atoms with Crippen LogP contribution in [0.1, 0.15) is 5.56 Å². The number of para-hydroxylation sites is 1. The van der Waals surface area contributed by atoms with Gasteiger partial charge in [-0.15, -0.1) is 0 Å². The van der Waals surface area contributed by atoms with E-state index in [2.05, 4.69) is 10.7 Å². The third kappa shape index (κ3) is 3.90.